The highest BCUT2D eigenvalue weighted by Gasteiger charge is 2.38. The molecule has 1 aromatic rings. The van der Waals surface area contributed by atoms with E-state index in [1.165, 1.54) is 0 Å². The third kappa shape index (κ3) is 8.57. The summed E-state index contributed by atoms with van der Waals surface area (Å²) in [7, 11) is 0. The van der Waals surface area contributed by atoms with Gasteiger partial charge in [-0.25, -0.2) is 4.79 Å². The van der Waals surface area contributed by atoms with Gasteiger partial charge in [-0.1, -0.05) is 6.07 Å². The molecule has 1 N–H and O–H groups in total. The summed E-state index contributed by atoms with van der Waals surface area (Å²) >= 11 is 0. The first-order valence-electron chi connectivity index (χ1n) is 3.09. The Hall–Kier alpha value is -1.53. The molecule has 0 unspecified atom stereocenters. The molecule has 3 nitrogen and oxygen atoms in total. The van der Waals surface area contributed by atoms with Crippen LogP contribution >= 0.6 is 0 Å². The molecule has 0 fully saturated rings. The molecule has 1 heterocycles. The molecule has 0 spiro atoms. The van der Waals surface area contributed by atoms with Crippen molar-refractivity contribution in [1.29, 1.82) is 0 Å². The van der Waals surface area contributed by atoms with E-state index in [4.69, 9.17) is 9.90 Å². The Morgan fingerprint density at radius 3 is 1.57 bits per heavy atom. The Morgan fingerprint density at radius 1 is 1.14 bits per heavy atom. The van der Waals surface area contributed by atoms with Gasteiger partial charge >= 0.3 is 12.1 Å². The normalized spacial score (nSPS) is 9.07. The first-order valence-corrected chi connectivity index (χ1v) is 3.09. The third-order valence-corrected chi connectivity index (χ3v) is 0.809. The van der Waals surface area contributed by atoms with Crippen molar-refractivity contribution >= 4 is 14.4 Å². The predicted molar refractivity (Wildman–Crippen MR) is 43.7 cm³/mol. The van der Waals surface area contributed by atoms with Crippen molar-refractivity contribution in [3.63, 3.8) is 0 Å². The highest BCUT2D eigenvalue weighted by molar-refractivity contribution is 5.75. The zero-order chi connectivity index (χ0) is 10.3. The summed E-state index contributed by atoms with van der Waals surface area (Å²) in [6, 6.07) is 5.72. The molecule has 3 radical (unpaired) electrons. The summed E-state index contributed by atoms with van der Waals surface area (Å²) < 4.78 is 31.7. The smallest absolute Gasteiger partial charge is 0.475 e. The van der Waals surface area contributed by atoms with E-state index in [-0.39, 0.29) is 8.41 Å². The van der Waals surface area contributed by atoms with Gasteiger partial charge in [0.25, 0.3) is 0 Å². The van der Waals surface area contributed by atoms with Gasteiger partial charge in [0.15, 0.2) is 0 Å². The molecule has 0 atom stereocenters. The zero-order valence-electron chi connectivity index (χ0n) is 6.90. The maximum Gasteiger partial charge on any atom is 0.490 e. The lowest BCUT2D eigenvalue weighted by Crippen LogP contribution is -2.21. The monoisotopic (exact) mass is 204 g/mol. The van der Waals surface area contributed by atoms with E-state index in [0.29, 0.717) is 0 Å². The Morgan fingerprint density at radius 2 is 1.50 bits per heavy atom. The number of pyridine rings is 1. The van der Waals surface area contributed by atoms with Crippen molar-refractivity contribution in [2.45, 2.75) is 6.18 Å². The van der Waals surface area contributed by atoms with E-state index in [9.17, 15) is 13.2 Å². The topological polar surface area (TPSA) is 50.2 Å². The number of hydrogen-bond donors (Lipinski definition) is 1. The minimum Gasteiger partial charge on any atom is -0.475 e. The van der Waals surface area contributed by atoms with Crippen LogP contribution in [0.4, 0.5) is 13.2 Å². The predicted octanol–water partition coefficient (Wildman–Crippen LogP) is 1.33. The summed E-state index contributed by atoms with van der Waals surface area (Å²) in [5.74, 6) is -2.76. The maximum atomic E-state index is 10.6. The summed E-state index contributed by atoms with van der Waals surface area (Å²) in [5.41, 5.74) is 0. The number of nitrogens with zero attached hydrogens (tertiary/aromatic N) is 1. The highest BCUT2D eigenvalue weighted by atomic mass is 19.4. The van der Waals surface area contributed by atoms with Crippen molar-refractivity contribution < 1.29 is 23.1 Å². The molecule has 7 heteroatoms. The maximum absolute atomic E-state index is 10.6. The Labute approximate surface area is 80.2 Å². The summed E-state index contributed by atoms with van der Waals surface area (Å²) in [6.07, 6.45) is -1.58. The second kappa shape index (κ2) is 6.93. The van der Waals surface area contributed by atoms with Crippen LogP contribution in [0.3, 0.4) is 0 Å². The van der Waals surface area contributed by atoms with E-state index >= 15 is 0 Å². The molecule has 0 aliphatic carbocycles. The largest absolute Gasteiger partial charge is 0.490 e. The van der Waals surface area contributed by atoms with E-state index < -0.39 is 12.1 Å². The molecular weight excluding hydrogens is 198 g/mol. The van der Waals surface area contributed by atoms with E-state index in [2.05, 4.69) is 4.98 Å². The van der Waals surface area contributed by atoms with E-state index in [1.54, 1.807) is 12.4 Å². The second-order valence-electron chi connectivity index (χ2n) is 1.83. The van der Waals surface area contributed by atoms with E-state index in [1.807, 2.05) is 18.2 Å². The van der Waals surface area contributed by atoms with Crippen LogP contribution in [0.1, 0.15) is 0 Å². The van der Waals surface area contributed by atoms with Gasteiger partial charge in [-0.3, -0.25) is 4.98 Å². The molecule has 14 heavy (non-hydrogen) atoms. The van der Waals surface area contributed by atoms with Crippen LogP contribution < -0.4 is 0 Å². The lowest BCUT2D eigenvalue weighted by molar-refractivity contribution is -0.192. The van der Waals surface area contributed by atoms with Gasteiger partial charge in [0, 0.05) is 20.8 Å². The molecule has 0 amide bonds. The first-order chi connectivity index (χ1) is 5.94. The minimum atomic E-state index is -5.08. The van der Waals surface area contributed by atoms with Gasteiger partial charge in [0.2, 0.25) is 0 Å². The van der Waals surface area contributed by atoms with Crippen LogP contribution in [0.2, 0.25) is 0 Å². The first kappa shape index (κ1) is 15.0. The average molecular weight is 204 g/mol. The van der Waals surface area contributed by atoms with Gasteiger partial charge in [-0.2, -0.15) is 13.2 Å². The minimum absolute atomic E-state index is 0. The quantitative estimate of drug-likeness (QED) is 0.648. The lowest BCUT2D eigenvalue weighted by Gasteiger charge is -1.93. The molecule has 0 saturated heterocycles. The van der Waals surface area contributed by atoms with Crippen LogP contribution in [0, 0.1) is 0 Å². The second-order valence-corrected chi connectivity index (χ2v) is 1.83. The number of carboxylic acid groups (broad SMARTS) is 1. The molecule has 0 aliphatic rings. The van der Waals surface area contributed by atoms with Gasteiger partial charge < -0.3 is 5.11 Å². The molecular formula is C7H6BF3NO2. The Balaban J connectivity index is 0. The average Bonchev–Trinajstić information content (AvgIpc) is 2.07. The molecule has 0 aromatic carbocycles. The number of rotatable bonds is 0. The number of carboxylic acids is 1. The number of carbonyl (C=O) groups is 1. The third-order valence-electron chi connectivity index (χ3n) is 0.809. The number of alkyl halides is 3. The van der Waals surface area contributed by atoms with Crippen molar-refractivity contribution in [2.24, 2.45) is 0 Å². The molecule has 0 bridgehead atoms. The number of aliphatic carboxylic acids is 1. The SMILES string of the molecule is O=C(O)C(F)(F)F.[B].c1ccncc1. The molecule has 0 aliphatic heterocycles. The van der Waals surface area contributed by atoms with Crippen molar-refractivity contribution in [3.8, 4) is 0 Å². The fourth-order valence-electron chi connectivity index (χ4n) is 0.313. The van der Waals surface area contributed by atoms with Crippen molar-refractivity contribution in [1.82, 2.24) is 4.98 Å². The zero-order valence-corrected chi connectivity index (χ0v) is 6.90. The van der Waals surface area contributed by atoms with Crippen molar-refractivity contribution in [3.05, 3.63) is 30.6 Å². The van der Waals surface area contributed by atoms with Crippen LogP contribution in [0.25, 0.3) is 0 Å². The van der Waals surface area contributed by atoms with Crippen LogP contribution in [0.15, 0.2) is 30.6 Å². The van der Waals surface area contributed by atoms with Gasteiger partial charge in [-0.15, -0.1) is 0 Å². The fraction of sp³-hybridized carbons (Fsp3) is 0.143. The van der Waals surface area contributed by atoms with Gasteiger partial charge in [-0.05, 0) is 12.1 Å². The number of hydrogen-bond acceptors (Lipinski definition) is 2. The van der Waals surface area contributed by atoms with Crippen LogP contribution in [-0.2, 0) is 4.79 Å². The Kier molecular flexibility index (Phi) is 7.41. The lowest BCUT2D eigenvalue weighted by atomic mass is 10.5. The Bertz CT molecular complexity index is 226. The summed E-state index contributed by atoms with van der Waals surface area (Å²) in [6.45, 7) is 0. The fourth-order valence-corrected chi connectivity index (χ4v) is 0.313. The molecule has 1 aromatic heterocycles. The molecule has 75 valence electrons. The number of halogens is 3. The van der Waals surface area contributed by atoms with Gasteiger partial charge in [0.1, 0.15) is 0 Å². The van der Waals surface area contributed by atoms with Crippen LogP contribution in [0.5, 0.6) is 0 Å². The van der Waals surface area contributed by atoms with Crippen molar-refractivity contribution in [2.75, 3.05) is 0 Å². The number of aromatic nitrogens is 1. The van der Waals surface area contributed by atoms with Crippen LogP contribution in [-0.4, -0.2) is 30.6 Å². The molecule has 1 rings (SSSR count). The van der Waals surface area contributed by atoms with Gasteiger partial charge in [0.05, 0.1) is 0 Å². The van der Waals surface area contributed by atoms with E-state index in [0.717, 1.165) is 0 Å². The molecule has 0 saturated carbocycles. The highest BCUT2D eigenvalue weighted by Crippen LogP contribution is 2.13. The standard InChI is InChI=1S/C5H5N.C2HF3O2.B/c1-2-4-6-5-3-1;3-2(4,5)1(6)7;/h1-5H;(H,6,7);. The summed E-state index contributed by atoms with van der Waals surface area (Å²) in [4.78, 5) is 12.7. The summed E-state index contributed by atoms with van der Waals surface area (Å²) in [5, 5.41) is 7.12.